The fourth-order valence-electron chi connectivity index (χ4n) is 8.04. The van der Waals surface area contributed by atoms with Crippen molar-refractivity contribution < 1.29 is 14.3 Å². The van der Waals surface area contributed by atoms with Gasteiger partial charge in [-0.05, 0) is 74.7 Å². The van der Waals surface area contributed by atoms with E-state index in [-0.39, 0.29) is 21.7 Å². The number of thioether (sulfide) groups is 1. The van der Waals surface area contributed by atoms with Crippen LogP contribution in [0.1, 0.15) is 44.9 Å². The van der Waals surface area contributed by atoms with Crippen molar-refractivity contribution in [3.63, 3.8) is 0 Å². The van der Waals surface area contributed by atoms with Gasteiger partial charge in [-0.15, -0.1) is 0 Å². The maximum atomic E-state index is 13.7. The van der Waals surface area contributed by atoms with Crippen molar-refractivity contribution in [2.24, 2.45) is 40.9 Å². The molecule has 8 atom stereocenters. The second kappa shape index (κ2) is 6.98. The summed E-state index contributed by atoms with van der Waals surface area (Å²) in [5.74, 6) is 3.68. The molecular weight excluding hydrogens is 382 g/mol. The first kappa shape index (κ1) is 18.7. The molecule has 156 valence electrons. The highest BCUT2D eigenvalue weighted by Crippen LogP contribution is 2.65. The molecule has 5 heteroatoms. The van der Waals surface area contributed by atoms with E-state index >= 15 is 0 Å². The Labute approximate surface area is 177 Å². The summed E-state index contributed by atoms with van der Waals surface area (Å²) in [5.41, 5.74) is 1.44. The van der Waals surface area contributed by atoms with Gasteiger partial charge in [0.2, 0.25) is 0 Å². The lowest BCUT2D eigenvalue weighted by atomic mass is 9.55. The van der Waals surface area contributed by atoms with Crippen molar-refractivity contribution in [3.8, 4) is 0 Å². The molecule has 4 aliphatic carbocycles. The van der Waals surface area contributed by atoms with Crippen LogP contribution in [0.25, 0.3) is 0 Å². The number of fused-ring (bicyclic) bond motifs is 7. The Bertz CT molecular complexity index is 791. The number of carbonyl (C=O) groups is 2. The van der Waals surface area contributed by atoms with Crippen molar-refractivity contribution in [2.45, 2.75) is 50.2 Å². The maximum absolute atomic E-state index is 13.7. The van der Waals surface area contributed by atoms with Crippen LogP contribution in [0.2, 0.25) is 0 Å². The molecule has 8 unspecified atom stereocenters. The van der Waals surface area contributed by atoms with Gasteiger partial charge in [-0.2, -0.15) is 0 Å². The first-order valence-electron chi connectivity index (χ1n) is 11.6. The summed E-state index contributed by atoms with van der Waals surface area (Å²) in [7, 11) is 0. The van der Waals surface area contributed by atoms with Crippen LogP contribution in [0.4, 0.5) is 0 Å². The molecule has 0 aromatic carbocycles. The van der Waals surface area contributed by atoms with E-state index in [2.05, 4.69) is 23.5 Å². The van der Waals surface area contributed by atoms with Crippen molar-refractivity contribution in [1.82, 2.24) is 5.32 Å². The average Bonchev–Trinajstić information content (AvgIpc) is 3.42. The first-order valence-corrected chi connectivity index (χ1v) is 12.5. The van der Waals surface area contributed by atoms with Gasteiger partial charge < -0.3 is 10.1 Å². The van der Waals surface area contributed by atoms with Gasteiger partial charge in [-0.25, -0.2) is 0 Å². The molecule has 0 bridgehead atoms. The Morgan fingerprint density at radius 1 is 1.17 bits per heavy atom. The van der Waals surface area contributed by atoms with Gasteiger partial charge in [0.25, 0.3) is 0 Å². The minimum Gasteiger partial charge on any atom is -0.465 e. The zero-order valence-corrected chi connectivity index (χ0v) is 17.8. The summed E-state index contributed by atoms with van der Waals surface area (Å²) in [5, 5.41) is 3.58. The second-order valence-electron chi connectivity index (χ2n) is 10.1. The van der Waals surface area contributed by atoms with Gasteiger partial charge >= 0.3 is 5.97 Å². The van der Waals surface area contributed by atoms with Crippen LogP contribution in [-0.4, -0.2) is 36.0 Å². The molecular formula is C24H31NO3S. The van der Waals surface area contributed by atoms with E-state index in [1.54, 1.807) is 5.57 Å². The van der Waals surface area contributed by atoms with Crippen LogP contribution in [0.15, 0.2) is 23.8 Å². The molecule has 2 heterocycles. The monoisotopic (exact) mass is 413 g/mol. The number of nitrogens with one attached hydrogen (secondary N) is 1. The van der Waals surface area contributed by atoms with Crippen molar-refractivity contribution in [1.29, 1.82) is 0 Å². The minimum absolute atomic E-state index is 0.184. The third kappa shape index (κ3) is 2.69. The highest BCUT2D eigenvalue weighted by Gasteiger charge is 2.64. The topological polar surface area (TPSA) is 55.4 Å². The lowest BCUT2D eigenvalue weighted by Crippen LogP contribution is -2.47. The lowest BCUT2D eigenvalue weighted by molar-refractivity contribution is -0.137. The number of hydrogen-bond donors (Lipinski definition) is 1. The Balaban J connectivity index is 1.27. The van der Waals surface area contributed by atoms with Gasteiger partial charge in [0, 0.05) is 18.9 Å². The zero-order valence-electron chi connectivity index (χ0n) is 17.0. The van der Waals surface area contributed by atoms with E-state index < -0.39 is 0 Å². The summed E-state index contributed by atoms with van der Waals surface area (Å²) in [6.07, 6.45) is 15.3. The van der Waals surface area contributed by atoms with E-state index in [0.29, 0.717) is 36.7 Å². The van der Waals surface area contributed by atoms with Gasteiger partial charge in [-0.1, -0.05) is 35.6 Å². The summed E-state index contributed by atoms with van der Waals surface area (Å²) in [6, 6.07) is 0. The molecule has 0 radical (unpaired) electrons. The van der Waals surface area contributed by atoms with Gasteiger partial charge in [0.15, 0.2) is 5.12 Å². The molecule has 6 rings (SSSR count). The van der Waals surface area contributed by atoms with Crippen LogP contribution < -0.4 is 5.32 Å². The third-order valence-corrected chi connectivity index (χ3v) is 10.5. The molecule has 4 nitrogen and oxygen atoms in total. The number of allylic oxidation sites excluding steroid dienone is 4. The Kier molecular flexibility index (Phi) is 4.50. The fraction of sp³-hybridized carbons (Fsp3) is 0.750. The minimum atomic E-state index is -0.275. The summed E-state index contributed by atoms with van der Waals surface area (Å²) in [4.78, 5) is 25.7. The molecule has 6 aliphatic rings. The van der Waals surface area contributed by atoms with E-state index in [0.717, 1.165) is 31.3 Å². The number of rotatable bonds is 2. The molecule has 3 saturated carbocycles. The molecule has 0 aromatic heterocycles. The van der Waals surface area contributed by atoms with Crippen LogP contribution in [-0.2, 0) is 14.3 Å². The van der Waals surface area contributed by atoms with Crippen LogP contribution in [0.3, 0.4) is 0 Å². The van der Waals surface area contributed by atoms with Crippen LogP contribution in [0, 0.1) is 40.9 Å². The standard InChI is InChI=1S/C24H31NO3S/c26-22-21(9-10-28-22)29-23(27)24-13-25-12-15(24)11-19-18-6-5-14-3-1-2-4-16(14)17(18)7-8-20(19)24/h2-4,15-21,25H,1,5-13H2. The van der Waals surface area contributed by atoms with Crippen LogP contribution >= 0.6 is 11.8 Å². The molecule has 0 amide bonds. The molecule has 0 aromatic rings. The Morgan fingerprint density at radius 2 is 2.10 bits per heavy atom. The SMILES string of the molecule is O=C1OCCC1SC(=O)C12CNCC1CC1C3CCC4=CCC=CC4C3CCC12. The summed E-state index contributed by atoms with van der Waals surface area (Å²) < 4.78 is 5.13. The number of cyclic esters (lactones) is 1. The number of ether oxygens (including phenoxy) is 1. The molecule has 29 heavy (non-hydrogen) atoms. The molecule has 0 spiro atoms. The highest BCUT2D eigenvalue weighted by molar-refractivity contribution is 8.14. The fourth-order valence-corrected chi connectivity index (χ4v) is 9.29. The van der Waals surface area contributed by atoms with Crippen molar-refractivity contribution in [3.05, 3.63) is 23.8 Å². The van der Waals surface area contributed by atoms with E-state index in [4.69, 9.17) is 4.74 Å². The quantitative estimate of drug-likeness (QED) is 0.552. The smallest absolute Gasteiger partial charge is 0.319 e. The second-order valence-corrected chi connectivity index (χ2v) is 11.3. The third-order valence-electron chi connectivity index (χ3n) is 9.21. The van der Waals surface area contributed by atoms with Crippen molar-refractivity contribution >= 4 is 22.8 Å². The summed E-state index contributed by atoms with van der Waals surface area (Å²) in [6.45, 7) is 2.26. The van der Waals surface area contributed by atoms with Crippen LogP contribution in [0.5, 0.6) is 0 Å². The highest BCUT2D eigenvalue weighted by atomic mass is 32.2. The van der Waals surface area contributed by atoms with Gasteiger partial charge in [0.05, 0.1) is 12.0 Å². The molecule has 2 saturated heterocycles. The van der Waals surface area contributed by atoms with E-state index in [9.17, 15) is 9.59 Å². The van der Waals surface area contributed by atoms with Gasteiger partial charge in [-0.3, -0.25) is 9.59 Å². The van der Waals surface area contributed by atoms with E-state index in [1.165, 1.54) is 43.9 Å². The number of esters is 1. The van der Waals surface area contributed by atoms with Crippen molar-refractivity contribution in [2.75, 3.05) is 19.7 Å². The number of carbonyl (C=O) groups excluding carboxylic acids is 2. The van der Waals surface area contributed by atoms with E-state index in [1.807, 2.05) is 0 Å². The molecule has 2 aliphatic heterocycles. The average molecular weight is 414 g/mol. The number of hydrogen-bond acceptors (Lipinski definition) is 5. The predicted molar refractivity (Wildman–Crippen MR) is 113 cm³/mol. The first-order chi connectivity index (χ1) is 14.2. The normalized spacial score (nSPS) is 47.7. The Hall–Kier alpha value is -1.07. The maximum Gasteiger partial charge on any atom is 0.319 e. The summed E-state index contributed by atoms with van der Waals surface area (Å²) >= 11 is 1.31. The largest absolute Gasteiger partial charge is 0.465 e. The van der Waals surface area contributed by atoms with Gasteiger partial charge in [0.1, 0.15) is 5.25 Å². The molecule has 1 N–H and O–H groups in total. The Morgan fingerprint density at radius 3 is 2.97 bits per heavy atom. The molecule has 5 fully saturated rings. The predicted octanol–water partition coefficient (Wildman–Crippen LogP) is 3.73. The zero-order chi connectivity index (χ0) is 19.6. The lowest BCUT2D eigenvalue weighted by Gasteiger charge is -2.50.